The van der Waals surface area contributed by atoms with Gasteiger partial charge in [-0.3, -0.25) is 4.68 Å². The third-order valence-electron chi connectivity index (χ3n) is 2.02. The smallest absolute Gasteiger partial charge is 0.330 e. The fraction of sp³-hybridized carbons (Fsp3) is 0.545. The highest BCUT2D eigenvalue weighted by atomic mass is 16.5. The minimum Gasteiger partial charge on any atom is -0.463 e. The summed E-state index contributed by atoms with van der Waals surface area (Å²) < 4.78 is 6.53. The van der Waals surface area contributed by atoms with Gasteiger partial charge in [0.1, 0.15) is 0 Å². The number of carbonyl (C=O) groups is 1. The Morgan fingerprint density at radius 3 is 3.18 bits per heavy atom. The van der Waals surface area contributed by atoms with Gasteiger partial charge in [-0.05, 0) is 19.9 Å². The lowest BCUT2D eigenvalue weighted by atomic mass is 10.4. The molecular formula is C11H18N4O2. The van der Waals surface area contributed by atoms with E-state index in [1.807, 2.05) is 6.20 Å². The van der Waals surface area contributed by atoms with Crippen LogP contribution in [-0.2, 0) is 16.1 Å². The molecular weight excluding hydrogens is 220 g/mol. The van der Waals surface area contributed by atoms with Crippen LogP contribution < -0.4 is 5.32 Å². The van der Waals surface area contributed by atoms with Crippen LogP contribution in [0.4, 0.5) is 0 Å². The van der Waals surface area contributed by atoms with Gasteiger partial charge in [0, 0.05) is 25.4 Å². The summed E-state index contributed by atoms with van der Waals surface area (Å²) in [5.74, 6) is -0.295. The van der Waals surface area contributed by atoms with Crippen molar-refractivity contribution in [3.05, 3.63) is 24.5 Å². The van der Waals surface area contributed by atoms with E-state index < -0.39 is 0 Å². The van der Waals surface area contributed by atoms with Crippen molar-refractivity contribution in [1.82, 2.24) is 20.3 Å². The molecule has 0 saturated heterocycles. The van der Waals surface area contributed by atoms with Gasteiger partial charge in [-0.1, -0.05) is 11.3 Å². The van der Waals surface area contributed by atoms with E-state index >= 15 is 0 Å². The van der Waals surface area contributed by atoms with Gasteiger partial charge >= 0.3 is 5.97 Å². The highest BCUT2D eigenvalue weighted by Gasteiger charge is 1.93. The van der Waals surface area contributed by atoms with Crippen molar-refractivity contribution >= 4 is 5.97 Å². The fourth-order valence-corrected chi connectivity index (χ4v) is 1.25. The average Bonchev–Trinajstić information content (AvgIpc) is 2.81. The molecule has 0 saturated carbocycles. The maximum Gasteiger partial charge on any atom is 0.330 e. The predicted molar refractivity (Wildman–Crippen MR) is 63.3 cm³/mol. The third-order valence-corrected chi connectivity index (χ3v) is 2.02. The molecule has 0 aliphatic rings. The molecule has 0 spiro atoms. The fourth-order valence-electron chi connectivity index (χ4n) is 1.25. The molecule has 0 aliphatic carbocycles. The Morgan fingerprint density at radius 2 is 2.47 bits per heavy atom. The lowest BCUT2D eigenvalue weighted by Gasteiger charge is -2.01. The van der Waals surface area contributed by atoms with E-state index in [1.165, 1.54) is 6.08 Å². The first-order valence-corrected chi connectivity index (χ1v) is 5.71. The molecule has 6 heteroatoms. The van der Waals surface area contributed by atoms with E-state index in [2.05, 4.69) is 15.6 Å². The van der Waals surface area contributed by atoms with Gasteiger partial charge in [0.25, 0.3) is 0 Å². The quantitative estimate of drug-likeness (QED) is 0.403. The third kappa shape index (κ3) is 6.47. The first-order valence-electron chi connectivity index (χ1n) is 5.71. The number of rotatable bonds is 8. The lowest BCUT2D eigenvalue weighted by Crippen LogP contribution is -2.17. The molecule has 1 aromatic heterocycles. The maximum atomic E-state index is 10.9. The topological polar surface area (TPSA) is 69.0 Å². The van der Waals surface area contributed by atoms with Crippen LogP contribution in [-0.4, -0.2) is 40.7 Å². The minimum absolute atomic E-state index is 0.295. The van der Waals surface area contributed by atoms with E-state index in [-0.39, 0.29) is 5.97 Å². The summed E-state index contributed by atoms with van der Waals surface area (Å²) in [6, 6.07) is 0. The molecule has 0 bridgehead atoms. The number of nitrogens with zero attached hydrogens (tertiary/aromatic N) is 3. The molecule has 6 nitrogen and oxygen atoms in total. The van der Waals surface area contributed by atoms with Crippen LogP contribution >= 0.6 is 0 Å². The Bertz CT molecular complexity index is 335. The second-order valence-electron chi connectivity index (χ2n) is 3.38. The Labute approximate surface area is 101 Å². The Hall–Kier alpha value is -1.69. The number of esters is 1. The summed E-state index contributed by atoms with van der Waals surface area (Å²) in [5.41, 5.74) is 0. The SMILES string of the molecule is CCOC(=O)/C=C/CNCCCn1ccnn1. The second kappa shape index (κ2) is 8.46. The molecule has 0 fully saturated rings. The van der Waals surface area contributed by atoms with E-state index in [0.717, 1.165) is 19.5 Å². The summed E-state index contributed by atoms with van der Waals surface area (Å²) in [4.78, 5) is 10.9. The van der Waals surface area contributed by atoms with Crippen molar-refractivity contribution in [2.24, 2.45) is 0 Å². The molecule has 0 aliphatic heterocycles. The molecule has 1 N–H and O–H groups in total. The number of aryl methyl sites for hydroxylation is 1. The minimum atomic E-state index is -0.295. The summed E-state index contributed by atoms with van der Waals surface area (Å²) in [5, 5.41) is 10.8. The standard InChI is InChI=1S/C11H18N4O2/c1-2-17-11(16)5-3-6-12-7-4-9-15-10-8-13-14-15/h3,5,8,10,12H,2,4,6-7,9H2,1H3/b5-3+. The second-order valence-corrected chi connectivity index (χ2v) is 3.38. The number of aromatic nitrogens is 3. The number of ether oxygens (including phenoxy) is 1. The normalized spacial score (nSPS) is 10.9. The Balaban J connectivity index is 1.96. The first-order chi connectivity index (χ1) is 8.33. The van der Waals surface area contributed by atoms with Crippen LogP contribution in [0, 0.1) is 0 Å². The van der Waals surface area contributed by atoms with Crippen LogP contribution in [0.5, 0.6) is 0 Å². The summed E-state index contributed by atoms with van der Waals surface area (Å²) in [6.07, 6.45) is 7.66. The van der Waals surface area contributed by atoms with Crippen molar-refractivity contribution in [2.75, 3.05) is 19.7 Å². The van der Waals surface area contributed by atoms with Gasteiger partial charge in [-0.2, -0.15) is 0 Å². The number of hydrogen-bond acceptors (Lipinski definition) is 5. The first kappa shape index (κ1) is 13.4. The monoisotopic (exact) mass is 238 g/mol. The molecule has 0 unspecified atom stereocenters. The number of hydrogen-bond donors (Lipinski definition) is 1. The largest absolute Gasteiger partial charge is 0.463 e. The predicted octanol–water partition coefficient (Wildman–Crippen LogP) is 0.377. The molecule has 1 rings (SSSR count). The average molecular weight is 238 g/mol. The summed E-state index contributed by atoms with van der Waals surface area (Å²) >= 11 is 0. The number of nitrogens with one attached hydrogen (secondary N) is 1. The molecule has 0 radical (unpaired) electrons. The number of carbonyl (C=O) groups excluding carboxylic acids is 1. The van der Waals surface area contributed by atoms with Crippen molar-refractivity contribution in [2.45, 2.75) is 19.9 Å². The zero-order valence-electron chi connectivity index (χ0n) is 10.0. The zero-order valence-corrected chi connectivity index (χ0v) is 10.0. The lowest BCUT2D eigenvalue weighted by molar-refractivity contribution is -0.137. The highest BCUT2D eigenvalue weighted by molar-refractivity contribution is 5.81. The Morgan fingerprint density at radius 1 is 1.59 bits per heavy atom. The van der Waals surface area contributed by atoms with Crippen LogP contribution in [0.25, 0.3) is 0 Å². The molecule has 1 aromatic rings. The Kier molecular flexibility index (Phi) is 6.66. The van der Waals surface area contributed by atoms with Crippen LogP contribution in [0.1, 0.15) is 13.3 Å². The molecule has 0 atom stereocenters. The zero-order chi connectivity index (χ0) is 12.3. The van der Waals surface area contributed by atoms with E-state index in [9.17, 15) is 4.79 Å². The van der Waals surface area contributed by atoms with Crippen LogP contribution in [0.2, 0.25) is 0 Å². The van der Waals surface area contributed by atoms with Crippen molar-refractivity contribution in [3.8, 4) is 0 Å². The van der Waals surface area contributed by atoms with Crippen LogP contribution in [0.3, 0.4) is 0 Å². The van der Waals surface area contributed by atoms with Crippen molar-refractivity contribution in [3.63, 3.8) is 0 Å². The van der Waals surface area contributed by atoms with Gasteiger partial charge < -0.3 is 10.1 Å². The summed E-state index contributed by atoms with van der Waals surface area (Å²) in [6.45, 7) is 4.57. The van der Waals surface area contributed by atoms with Crippen molar-refractivity contribution in [1.29, 1.82) is 0 Å². The van der Waals surface area contributed by atoms with E-state index in [1.54, 1.807) is 23.9 Å². The summed E-state index contributed by atoms with van der Waals surface area (Å²) in [7, 11) is 0. The van der Waals surface area contributed by atoms with Gasteiger partial charge in [0.05, 0.1) is 12.8 Å². The molecule has 1 heterocycles. The van der Waals surface area contributed by atoms with Gasteiger partial charge in [0.2, 0.25) is 0 Å². The molecule has 0 aromatic carbocycles. The van der Waals surface area contributed by atoms with Gasteiger partial charge in [0.15, 0.2) is 0 Å². The molecule has 94 valence electrons. The maximum absolute atomic E-state index is 10.9. The van der Waals surface area contributed by atoms with E-state index in [4.69, 9.17) is 4.74 Å². The molecule has 17 heavy (non-hydrogen) atoms. The highest BCUT2D eigenvalue weighted by Crippen LogP contribution is 1.86. The van der Waals surface area contributed by atoms with Crippen LogP contribution in [0.15, 0.2) is 24.5 Å². The van der Waals surface area contributed by atoms with Gasteiger partial charge in [-0.15, -0.1) is 5.10 Å². The van der Waals surface area contributed by atoms with Gasteiger partial charge in [-0.25, -0.2) is 4.79 Å². The van der Waals surface area contributed by atoms with E-state index in [0.29, 0.717) is 13.2 Å². The van der Waals surface area contributed by atoms with Crippen molar-refractivity contribution < 1.29 is 9.53 Å². The molecule has 0 amide bonds.